The van der Waals surface area contributed by atoms with Crippen LogP contribution in [0.3, 0.4) is 0 Å². The second kappa shape index (κ2) is 6.59. The van der Waals surface area contributed by atoms with Crippen molar-refractivity contribution in [1.29, 1.82) is 0 Å². The molecule has 0 fully saturated rings. The highest BCUT2D eigenvalue weighted by molar-refractivity contribution is 7.07. The topological polar surface area (TPSA) is 38.7 Å². The highest BCUT2D eigenvalue weighted by Gasteiger charge is 2.16. The van der Waals surface area contributed by atoms with Crippen LogP contribution in [-0.2, 0) is 6.42 Å². The number of hydrogen-bond donors (Lipinski definition) is 1. The van der Waals surface area contributed by atoms with Gasteiger partial charge in [0.05, 0.1) is 20.3 Å². The van der Waals surface area contributed by atoms with Crippen molar-refractivity contribution in [1.82, 2.24) is 0 Å². The second-order valence-electron chi connectivity index (χ2n) is 4.27. The zero-order chi connectivity index (χ0) is 13.7. The fourth-order valence-corrected chi connectivity index (χ4v) is 2.77. The average Bonchev–Trinajstić information content (AvgIpc) is 2.97. The fourth-order valence-electron chi connectivity index (χ4n) is 2.07. The SMILES string of the molecule is COc1cccc(C(O)CCc2ccsc2)c1OC. The molecule has 1 atom stereocenters. The van der Waals surface area contributed by atoms with Gasteiger partial charge in [-0.1, -0.05) is 12.1 Å². The number of rotatable bonds is 6. The van der Waals surface area contributed by atoms with Gasteiger partial charge in [0.15, 0.2) is 11.5 Å². The molecule has 0 aliphatic rings. The largest absolute Gasteiger partial charge is 0.493 e. The number of methoxy groups -OCH3 is 2. The van der Waals surface area contributed by atoms with Gasteiger partial charge in [-0.25, -0.2) is 0 Å². The Morgan fingerprint density at radius 3 is 2.68 bits per heavy atom. The van der Waals surface area contributed by atoms with Gasteiger partial charge >= 0.3 is 0 Å². The average molecular weight is 278 g/mol. The number of benzene rings is 1. The smallest absolute Gasteiger partial charge is 0.166 e. The first-order valence-corrected chi connectivity index (χ1v) is 7.10. The highest BCUT2D eigenvalue weighted by atomic mass is 32.1. The van der Waals surface area contributed by atoms with Crippen molar-refractivity contribution < 1.29 is 14.6 Å². The molecule has 1 aromatic heterocycles. The Kier molecular flexibility index (Phi) is 4.82. The van der Waals surface area contributed by atoms with Crippen LogP contribution >= 0.6 is 11.3 Å². The third-order valence-corrected chi connectivity index (χ3v) is 3.81. The summed E-state index contributed by atoms with van der Waals surface area (Å²) in [5, 5.41) is 14.5. The molecule has 0 bridgehead atoms. The molecular weight excluding hydrogens is 260 g/mol. The highest BCUT2D eigenvalue weighted by Crippen LogP contribution is 2.36. The van der Waals surface area contributed by atoms with Crippen LogP contribution in [-0.4, -0.2) is 19.3 Å². The quantitative estimate of drug-likeness (QED) is 0.879. The summed E-state index contributed by atoms with van der Waals surface area (Å²) in [6.07, 6.45) is 0.968. The lowest BCUT2D eigenvalue weighted by Crippen LogP contribution is -2.03. The van der Waals surface area contributed by atoms with Crippen LogP contribution in [0.5, 0.6) is 11.5 Å². The third kappa shape index (κ3) is 3.28. The molecule has 0 saturated carbocycles. The van der Waals surface area contributed by atoms with E-state index < -0.39 is 6.10 Å². The molecule has 1 N–H and O–H groups in total. The molecule has 1 heterocycles. The standard InChI is InChI=1S/C15H18O3S/c1-17-14-5-3-4-12(15(14)18-2)13(16)7-6-11-8-9-19-10-11/h3-5,8-10,13,16H,6-7H2,1-2H3. The van der Waals surface area contributed by atoms with Gasteiger partial charge in [0.1, 0.15) is 0 Å². The summed E-state index contributed by atoms with van der Waals surface area (Å²) in [6, 6.07) is 7.65. The van der Waals surface area contributed by atoms with Gasteiger partial charge in [-0.2, -0.15) is 11.3 Å². The van der Waals surface area contributed by atoms with Gasteiger partial charge in [0, 0.05) is 5.56 Å². The minimum atomic E-state index is -0.551. The minimum Gasteiger partial charge on any atom is -0.493 e. The maximum Gasteiger partial charge on any atom is 0.166 e. The normalized spacial score (nSPS) is 12.2. The molecule has 4 heteroatoms. The molecule has 0 saturated heterocycles. The number of ether oxygens (including phenoxy) is 2. The van der Waals surface area contributed by atoms with Crippen molar-refractivity contribution in [2.75, 3.05) is 14.2 Å². The van der Waals surface area contributed by atoms with Crippen molar-refractivity contribution in [3.63, 3.8) is 0 Å². The fraction of sp³-hybridized carbons (Fsp3) is 0.333. The summed E-state index contributed by atoms with van der Waals surface area (Å²) in [7, 11) is 3.19. The Labute approximate surface area is 117 Å². The first-order valence-electron chi connectivity index (χ1n) is 6.16. The molecule has 2 rings (SSSR count). The van der Waals surface area contributed by atoms with Gasteiger partial charge in [-0.15, -0.1) is 0 Å². The minimum absolute atomic E-state index is 0.551. The Bertz CT molecular complexity index is 508. The lowest BCUT2D eigenvalue weighted by atomic mass is 10.0. The number of aliphatic hydroxyl groups excluding tert-OH is 1. The van der Waals surface area contributed by atoms with Gasteiger partial charge in [0.25, 0.3) is 0 Å². The maximum atomic E-state index is 10.3. The molecule has 1 aromatic carbocycles. The van der Waals surface area contributed by atoms with Crippen LogP contribution in [0.2, 0.25) is 0 Å². The number of aryl methyl sites for hydroxylation is 1. The molecule has 0 amide bonds. The van der Waals surface area contributed by atoms with E-state index in [1.807, 2.05) is 23.6 Å². The van der Waals surface area contributed by atoms with E-state index in [-0.39, 0.29) is 0 Å². The second-order valence-corrected chi connectivity index (χ2v) is 5.05. The van der Waals surface area contributed by atoms with Gasteiger partial charge in [-0.3, -0.25) is 0 Å². The molecule has 0 radical (unpaired) electrons. The van der Waals surface area contributed by atoms with Crippen LogP contribution in [0.4, 0.5) is 0 Å². The molecule has 1 unspecified atom stereocenters. The Balaban J connectivity index is 2.11. The predicted octanol–water partition coefficient (Wildman–Crippen LogP) is 3.43. The summed E-state index contributed by atoms with van der Waals surface area (Å²) in [5.41, 5.74) is 2.03. The predicted molar refractivity (Wildman–Crippen MR) is 77.1 cm³/mol. The van der Waals surface area contributed by atoms with Gasteiger partial charge in [-0.05, 0) is 41.3 Å². The maximum absolute atomic E-state index is 10.3. The summed E-state index contributed by atoms with van der Waals surface area (Å²) in [6.45, 7) is 0. The molecule has 2 aromatic rings. The summed E-state index contributed by atoms with van der Waals surface area (Å²) in [5.74, 6) is 1.26. The summed E-state index contributed by atoms with van der Waals surface area (Å²) in [4.78, 5) is 0. The van der Waals surface area contributed by atoms with E-state index in [9.17, 15) is 5.11 Å². The van der Waals surface area contributed by atoms with Crippen molar-refractivity contribution in [2.45, 2.75) is 18.9 Å². The Morgan fingerprint density at radius 2 is 2.05 bits per heavy atom. The van der Waals surface area contributed by atoms with E-state index in [1.165, 1.54) is 5.56 Å². The third-order valence-electron chi connectivity index (χ3n) is 3.08. The van der Waals surface area contributed by atoms with E-state index in [4.69, 9.17) is 9.47 Å². The van der Waals surface area contributed by atoms with Crippen LogP contribution in [0.1, 0.15) is 23.7 Å². The lowest BCUT2D eigenvalue weighted by molar-refractivity contribution is 0.163. The van der Waals surface area contributed by atoms with E-state index in [2.05, 4.69) is 11.4 Å². The van der Waals surface area contributed by atoms with Crippen molar-refractivity contribution in [2.24, 2.45) is 0 Å². The molecule has 0 spiro atoms. The van der Waals surface area contributed by atoms with Crippen molar-refractivity contribution in [3.8, 4) is 11.5 Å². The van der Waals surface area contributed by atoms with E-state index in [0.717, 1.165) is 12.0 Å². The van der Waals surface area contributed by atoms with Crippen molar-refractivity contribution in [3.05, 3.63) is 46.2 Å². The zero-order valence-electron chi connectivity index (χ0n) is 11.1. The van der Waals surface area contributed by atoms with Crippen LogP contribution < -0.4 is 9.47 Å². The monoisotopic (exact) mass is 278 g/mol. The molecule has 3 nitrogen and oxygen atoms in total. The number of para-hydroxylation sites is 1. The number of hydrogen-bond acceptors (Lipinski definition) is 4. The molecular formula is C15H18O3S. The van der Waals surface area contributed by atoms with E-state index >= 15 is 0 Å². The first kappa shape index (κ1) is 13.9. The van der Waals surface area contributed by atoms with Crippen LogP contribution in [0.15, 0.2) is 35.0 Å². The van der Waals surface area contributed by atoms with E-state index in [0.29, 0.717) is 17.9 Å². The lowest BCUT2D eigenvalue weighted by Gasteiger charge is -2.16. The van der Waals surface area contributed by atoms with Gasteiger partial charge < -0.3 is 14.6 Å². The Hall–Kier alpha value is -1.52. The molecule has 102 valence electrons. The van der Waals surface area contributed by atoms with Crippen LogP contribution in [0.25, 0.3) is 0 Å². The van der Waals surface area contributed by atoms with Crippen LogP contribution in [0, 0.1) is 0 Å². The molecule has 0 aliphatic heterocycles. The first-order chi connectivity index (χ1) is 9.26. The zero-order valence-corrected chi connectivity index (χ0v) is 11.9. The molecule has 0 aliphatic carbocycles. The summed E-state index contributed by atoms with van der Waals surface area (Å²) < 4.78 is 10.6. The van der Waals surface area contributed by atoms with E-state index in [1.54, 1.807) is 25.6 Å². The molecule has 19 heavy (non-hydrogen) atoms. The van der Waals surface area contributed by atoms with Crippen molar-refractivity contribution >= 4 is 11.3 Å². The Morgan fingerprint density at radius 1 is 1.21 bits per heavy atom. The summed E-state index contributed by atoms with van der Waals surface area (Å²) >= 11 is 1.67. The number of thiophene rings is 1. The number of aliphatic hydroxyl groups is 1. The van der Waals surface area contributed by atoms with Gasteiger partial charge in [0.2, 0.25) is 0 Å².